The van der Waals surface area contributed by atoms with Crippen LogP contribution in [-0.4, -0.2) is 52.9 Å². The molecule has 0 bridgehead atoms. The molecule has 1 aliphatic carbocycles. The first-order chi connectivity index (χ1) is 19.4. The van der Waals surface area contributed by atoms with E-state index in [1.165, 1.54) is 12.5 Å². The number of rotatable bonds is 6. The Morgan fingerprint density at radius 2 is 1.98 bits per heavy atom. The van der Waals surface area contributed by atoms with Gasteiger partial charge in [-0.25, -0.2) is 14.0 Å². The number of hydrogen-bond donors (Lipinski definition) is 1. The molecule has 1 spiro atoms. The molecular formula is C29H35ClN4O6S. The standard InChI is InChI=1S/C21H27NO5.C8H8ClN3OS/c1-5-26-20(24)27-18-17(16-12-13(2)6-7-14(16)3)19(23)22-21(18)10-8-15(25-4)9-11-21;1-14(13,12-6-10)5-7-2-3-8(9)11-4-7/h6-7,12,15H,5,8-11H2,1-4H3,(H,22,23);2-4H,5H2,1H3. The largest absolute Gasteiger partial charge is 0.513 e. The number of nitriles is 1. The Labute approximate surface area is 246 Å². The smallest absolute Gasteiger partial charge is 0.434 e. The minimum atomic E-state index is -2.47. The Bertz CT molecular complexity index is 1470. The van der Waals surface area contributed by atoms with Crippen LogP contribution in [0.25, 0.3) is 5.57 Å². The summed E-state index contributed by atoms with van der Waals surface area (Å²) in [4.78, 5) is 29.0. The van der Waals surface area contributed by atoms with Crippen LogP contribution in [0.3, 0.4) is 0 Å². The van der Waals surface area contributed by atoms with Gasteiger partial charge in [-0.15, -0.1) is 4.36 Å². The molecule has 4 rings (SSSR count). The second-order valence-electron chi connectivity index (χ2n) is 10.1. The van der Waals surface area contributed by atoms with Crippen LogP contribution in [0.5, 0.6) is 0 Å². The van der Waals surface area contributed by atoms with Gasteiger partial charge in [-0.3, -0.25) is 4.79 Å². The third-order valence-corrected chi connectivity index (χ3v) is 8.49. The fourth-order valence-corrected chi connectivity index (χ4v) is 6.04. The normalized spacial score (nSPS) is 21.2. The number of benzene rings is 1. The molecule has 1 saturated carbocycles. The lowest BCUT2D eigenvalue weighted by Gasteiger charge is -2.37. The van der Waals surface area contributed by atoms with Gasteiger partial charge < -0.3 is 19.5 Å². The first-order valence-corrected chi connectivity index (χ1v) is 15.6. The topological polar surface area (TPSA) is 140 Å². The lowest BCUT2D eigenvalue weighted by atomic mass is 9.79. The summed E-state index contributed by atoms with van der Waals surface area (Å²) in [5.74, 6) is 0.387. The number of carbonyl (C=O) groups excluding carboxylic acids is 2. The zero-order chi connectivity index (χ0) is 30.2. The number of hydrogen-bond acceptors (Lipinski definition) is 9. The maximum atomic E-state index is 13.0. The van der Waals surface area contributed by atoms with E-state index in [0.29, 0.717) is 29.3 Å². The molecule has 2 heterocycles. The van der Waals surface area contributed by atoms with Crippen molar-refractivity contribution in [2.75, 3.05) is 20.0 Å². The van der Waals surface area contributed by atoms with E-state index in [1.54, 1.807) is 32.4 Å². The van der Waals surface area contributed by atoms with E-state index in [9.17, 15) is 13.8 Å². The lowest BCUT2D eigenvalue weighted by Crippen LogP contribution is -2.49. The third-order valence-electron chi connectivity index (χ3n) is 6.93. The predicted octanol–water partition coefficient (Wildman–Crippen LogP) is 5.46. The summed E-state index contributed by atoms with van der Waals surface area (Å²) in [5, 5.41) is 11.8. The van der Waals surface area contributed by atoms with Crippen molar-refractivity contribution in [1.82, 2.24) is 10.3 Å². The maximum absolute atomic E-state index is 13.0. The van der Waals surface area contributed by atoms with Crippen LogP contribution in [0.2, 0.25) is 5.15 Å². The number of amides is 1. The minimum absolute atomic E-state index is 0.154. The van der Waals surface area contributed by atoms with Crippen LogP contribution < -0.4 is 5.32 Å². The molecule has 0 saturated heterocycles. The number of aryl methyl sites for hydroxylation is 2. The number of nitrogens with one attached hydrogen (secondary N) is 1. The Kier molecular flexibility index (Phi) is 10.9. The average Bonchev–Trinajstić information content (AvgIpc) is 3.17. The number of halogens is 1. The van der Waals surface area contributed by atoms with Crippen molar-refractivity contribution < 1.29 is 28.0 Å². The predicted molar refractivity (Wildman–Crippen MR) is 156 cm³/mol. The summed E-state index contributed by atoms with van der Waals surface area (Å²) in [6.07, 6.45) is 6.76. The fraction of sp³-hybridized carbons (Fsp3) is 0.448. The molecule has 1 unspecified atom stereocenters. The van der Waals surface area contributed by atoms with E-state index in [-0.39, 0.29) is 24.4 Å². The molecule has 0 radical (unpaired) electrons. The van der Waals surface area contributed by atoms with E-state index in [2.05, 4.69) is 14.7 Å². The highest BCUT2D eigenvalue weighted by atomic mass is 35.5. The van der Waals surface area contributed by atoms with Gasteiger partial charge in [0.05, 0.1) is 39.3 Å². The Morgan fingerprint density at radius 3 is 2.56 bits per heavy atom. The highest BCUT2D eigenvalue weighted by molar-refractivity contribution is 7.92. The first kappa shape index (κ1) is 32.1. The van der Waals surface area contributed by atoms with Gasteiger partial charge in [0.1, 0.15) is 10.9 Å². The van der Waals surface area contributed by atoms with Crippen molar-refractivity contribution in [3.05, 3.63) is 69.7 Å². The van der Waals surface area contributed by atoms with Crippen molar-refractivity contribution in [1.29, 1.82) is 5.26 Å². The van der Waals surface area contributed by atoms with Crippen LogP contribution in [0, 0.1) is 25.3 Å². The highest BCUT2D eigenvalue weighted by Gasteiger charge is 2.50. The minimum Gasteiger partial charge on any atom is -0.434 e. The summed E-state index contributed by atoms with van der Waals surface area (Å²) in [6, 6.07) is 9.25. The van der Waals surface area contributed by atoms with Gasteiger partial charge in [-0.05, 0) is 69.2 Å². The molecule has 2 aliphatic rings. The van der Waals surface area contributed by atoms with E-state index in [0.717, 1.165) is 35.1 Å². The first-order valence-electron chi connectivity index (χ1n) is 13.1. The zero-order valence-electron chi connectivity index (χ0n) is 23.9. The van der Waals surface area contributed by atoms with Crippen molar-refractivity contribution in [2.24, 2.45) is 4.36 Å². The number of ether oxygens (including phenoxy) is 3. The molecule has 1 aromatic heterocycles. The molecule has 10 nitrogen and oxygen atoms in total. The quantitative estimate of drug-likeness (QED) is 0.261. The summed E-state index contributed by atoms with van der Waals surface area (Å²) >= 11 is 5.59. The van der Waals surface area contributed by atoms with Crippen LogP contribution in [0.15, 0.2) is 46.7 Å². The van der Waals surface area contributed by atoms with E-state index >= 15 is 0 Å². The van der Waals surface area contributed by atoms with Crippen molar-refractivity contribution in [3.63, 3.8) is 0 Å². The average molecular weight is 603 g/mol. The van der Waals surface area contributed by atoms with Gasteiger partial charge >= 0.3 is 6.16 Å². The third kappa shape index (κ3) is 8.28. The van der Waals surface area contributed by atoms with Crippen LogP contribution in [0.4, 0.5) is 4.79 Å². The fourth-order valence-electron chi connectivity index (χ4n) is 4.90. The molecule has 1 aromatic carbocycles. The van der Waals surface area contributed by atoms with Gasteiger partial charge in [0.15, 0.2) is 0 Å². The second kappa shape index (κ2) is 13.9. The molecule has 1 amide bonds. The molecule has 1 atom stereocenters. The Balaban J connectivity index is 0.000000278. The van der Waals surface area contributed by atoms with E-state index in [4.69, 9.17) is 31.1 Å². The summed E-state index contributed by atoms with van der Waals surface area (Å²) in [7, 11) is -0.769. The highest BCUT2D eigenvalue weighted by Crippen LogP contribution is 2.44. The molecule has 12 heteroatoms. The van der Waals surface area contributed by atoms with Gasteiger partial charge in [0.2, 0.25) is 6.19 Å². The molecule has 1 aliphatic heterocycles. The van der Waals surface area contributed by atoms with Crippen LogP contribution in [-0.2, 0) is 34.5 Å². The van der Waals surface area contributed by atoms with Crippen molar-refractivity contribution >= 4 is 39.0 Å². The summed E-state index contributed by atoms with van der Waals surface area (Å²) in [6.45, 7) is 5.86. The number of methoxy groups -OCH3 is 1. The van der Waals surface area contributed by atoms with E-state index in [1.807, 2.05) is 32.0 Å². The molecule has 2 aromatic rings. The zero-order valence-corrected chi connectivity index (χ0v) is 25.4. The Hall–Kier alpha value is -3.46. The molecule has 220 valence electrons. The van der Waals surface area contributed by atoms with E-state index < -0.39 is 21.4 Å². The van der Waals surface area contributed by atoms with Crippen LogP contribution in [0.1, 0.15) is 54.9 Å². The summed E-state index contributed by atoms with van der Waals surface area (Å²) in [5.41, 5.74) is 3.28. The van der Waals surface area contributed by atoms with Gasteiger partial charge in [-0.1, -0.05) is 41.4 Å². The molecule has 41 heavy (non-hydrogen) atoms. The van der Waals surface area contributed by atoms with Crippen molar-refractivity contribution in [3.8, 4) is 6.19 Å². The number of nitrogens with zero attached hydrogens (tertiary/aromatic N) is 3. The number of carbonyl (C=O) groups is 2. The van der Waals surface area contributed by atoms with Crippen molar-refractivity contribution in [2.45, 2.75) is 63.9 Å². The molecule has 1 fully saturated rings. The van der Waals surface area contributed by atoms with Gasteiger partial charge in [0, 0.05) is 19.6 Å². The number of aromatic nitrogens is 1. The Morgan fingerprint density at radius 1 is 1.27 bits per heavy atom. The SMILES string of the molecule is CCOC(=O)OC1=C(c2cc(C)ccc2C)C(=O)NC12CCC(OC)CC2.CS(=O)(Cc1ccc(Cl)nc1)=NC#N. The van der Waals surface area contributed by atoms with Crippen LogP contribution >= 0.6 is 11.6 Å². The monoisotopic (exact) mass is 602 g/mol. The van der Waals surface area contributed by atoms with Gasteiger partial charge in [-0.2, -0.15) is 5.26 Å². The number of pyridine rings is 1. The lowest BCUT2D eigenvalue weighted by molar-refractivity contribution is -0.116. The van der Waals surface area contributed by atoms with Gasteiger partial charge in [0.25, 0.3) is 5.91 Å². The summed E-state index contributed by atoms with van der Waals surface area (Å²) < 4.78 is 31.0. The maximum Gasteiger partial charge on any atom is 0.513 e. The molecule has 1 N–H and O–H groups in total. The second-order valence-corrected chi connectivity index (χ2v) is 12.8. The molecular weight excluding hydrogens is 568 g/mol.